The second-order valence-corrected chi connectivity index (χ2v) is 4.88. The molecule has 0 bridgehead atoms. The molecule has 0 aromatic rings. The fourth-order valence-corrected chi connectivity index (χ4v) is 1.88. The molecule has 1 unspecified atom stereocenters. The maximum absolute atomic E-state index is 11.8. The standard InChI is InChI=1S/C11H19NO2/c1-7(2)12-10(14)9-5-8(13)6-11(9,3)4/h6-7,9,13H,5H2,1-4H3,(H,12,14). The number of allylic oxidation sites excluding steroid dienone is 2. The molecule has 0 saturated heterocycles. The second-order valence-electron chi connectivity index (χ2n) is 4.88. The monoisotopic (exact) mass is 197 g/mol. The van der Waals surface area contributed by atoms with E-state index in [-0.39, 0.29) is 23.3 Å². The van der Waals surface area contributed by atoms with Crippen molar-refractivity contribution in [3.8, 4) is 0 Å². The highest BCUT2D eigenvalue weighted by Crippen LogP contribution is 2.39. The van der Waals surface area contributed by atoms with E-state index >= 15 is 0 Å². The molecule has 0 radical (unpaired) electrons. The van der Waals surface area contributed by atoms with Gasteiger partial charge >= 0.3 is 0 Å². The van der Waals surface area contributed by atoms with Crippen molar-refractivity contribution in [1.29, 1.82) is 0 Å². The summed E-state index contributed by atoms with van der Waals surface area (Å²) in [6, 6.07) is 0.154. The second kappa shape index (κ2) is 3.64. The maximum atomic E-state index is 11.8. The Morgan fingerprint density at radius 3 is 2.57 bits per heavy atom. The van der Waals surface area contributed by atoms with Crippen LogP contribution < -0.4 is 5.32 Å². The van der Waals surface area contributed by atoms with E-state index in [0.717, 1.165) is 0 Å². The number of hydrogen-bond acceptors (Lipinski definition) is 2. The number of aliphatic hydroxyl groups is 1. The van der Waals surface area contributed by atoms with Crippen molar-refractivity contribution in [3.05, 3.63) is 11.8 Å². The van der Waals surface area contributed by atoms with E-state index in [4.69, 9.17) is 0 Å². The molecule has 0 aromatic heterocycles. The predicted octanol–water partition coefficient (Wildman–Crippen LogP) is 2.00. The minimum absolute atomic E-state index is 0.0327. The van der Waals surface area contributed by atoms with Gasteiger partial charge in [-0.3, -0.25) is 4.79 Å². The van der Waals surface area contributed by atoms with E-state index in [1.807, 2.05) is 27.7 Å². The van der Waals surface area contributed by atoms with Crippen LogP contribution in [-0.2, 0) is 4.79 Å². The Bertz CT molecular complexity index is 266. The summed E-state index contributed by atoms with van der Waals surface area (Å²) >= 11 is 0. The van der Waals surface area contributed by atoms with Crippen molar-refractivity contribution >= 4 is 5.91 Å². The number of rotatable bonds is 2. The summed E-state index contributed by atoms with van der Waals surface area (Å²) in [4.78, 5) is 11.8. The minimum Gasteiger partial charge on any atom is -0.513 e. The van der Waals surface area contributed by atoms with Crippen LogP contribution in [0.25, 0.3) is 0 Å². The molecule has 1 rings (SSSR count). The molecule has 2 N–H and O–H groups in total. The summed E-state index contributed by atoms with van der Waals surface area (Å²) in [7, 11) is 0. The zero-order valence-corrected chi connectivity index (χ0v) is 9.29. The molecular weight excluding hydrogens is 178 g/mol. The Labute approximate surface area is 85.2 Å². The summed E-state index contributed by atoms with van der Waals surface area (Å²) < 4.78 is 0. The van der Waals surface area contributed by atoms with Gasteiger partial charge in [0.15, 0.2) is 0 Å². The van der Waals surface area contributed by atoms with Gasteiger partial charge in [-0.25, -0.2) is 0 Å². The lowest BCUT2D eigenvalue weighted by Crippen LogP contribution is -2.39. The number of amides is 1. The van der Waals surface area contributed by atoms with Crippen molar-refractivity contribution in [2.75, 3.05) is 0 Å². The molecule has 80 valence electrons. The van der Waals surface area contributed by atoms with Crippen LogP contribution in [0.5, 0.6) is 0 Å². The molecule has 0 aromatic carbocycles. The minimum atomic E-state index is -0.233. The largest absolute Gasteiger partial charge is 0.513 e. The van der Waals surface area contributed by atoms with Gasteiger partial charge in [0.2, 0.25) is 5.91 Å². The molecule has 1 amide bonds. The van der Waals surface area contributed by atoms with Gasteiger partial charge in [-0.05, 0) is 25.3 Å². The van der Waals surface area contributed by atoms with Gasteiger partial charge in [-0.2, -0.15) is 0 Å². The fraction of sp³-hybridized carbons (Fsp3) is 0.727. The Hall–Kier alpha value is -0.990. The third-order valence-corrected chi connectivity index (χ3v) is 2.60. The van der Waals surface area contributed by atoms with Crippen molar-refractivity contribution in [2.45, 2.75) is 40.2 Å². The molecule has 1 aliphatic rings. The molecule has 1 aliphatic carbocycles. The van der Waals surface area contributed by atoms with Gasteiger partial charge in [-0.1, -0.05) is 13.8 Å². The molecule has 3 nitrogen and oxygen atoms in total. The highest BCUT2D eigenvalue weighted by Gasteiger charge is 2.39. The Morgan fingerprint density at radius 1 is 1.64 bits per heavy atom. The third kappa shape index (κ3) is 2.28. The highest BCUT2D eigenvalue weighted by atomic mass is 16.3. The molecule has 0 heterocycles. The lowest BCUT2D eigenvalue weighted by Gasteiger charge is -2.25. The molecule has 0 saturated carbocycles. The molecule has 3 heteroatoms. The van der Waals surface area contributed by atoms with E-state index in [0.29, 0.717) is 12.2 Å². The topological polar surface area (TPSA) is 49.3 Å². The fourth-order valence-electron chi connectivity index (χ4n) is 1.88. The van der Waals surface area contributed by atoms with E-state index in [9.17, 15) is 9.90 Å². The van der Waals surface area contributed by atoms with Gasteiger partial charge in [0.05, 0.1) is 11.7 Å². The van der Waals surface area contributed by atoms with E-state index in [1.54, 1.807) is 6.08 Å². The van der Waals surface area contributed by atoms with Gasteiger partial charge < -0.3 is 10.4 Å². The lowest BCUT2D eigenvalue weighted by atomic mass is 9.81. The first-order valence-electron chi connectivity index (χ1n) is 5.04. The number of hydrogen-bond donors (Lipinski definition) is 2. The number of carbonyl (C=O) groups is 1. The van der Waals surface area contributed by atoms with Crippen LogP contribution in [0.3, 0.4) is 0 Å². The normalized spacial score (nSPS) is 24.9. The van der Waals surface area contributed by atoms with Crippen LogP contribution in [0, 0.1) is 11.3 Å². The third-order valence-electron chi connectivity index (χ3n) is 2.60. The van der Waals surface area contributed by atoms with Gasteiger partial charge in [-0.15, -0.1) is 0 Å². The molecule has 1 atom stereocenters. The summed E-state index contributed by atoms with van der Waals surface area (Å²) in [5.41, 5.74) is -0.233. The first-order chi connectivity index (χ1) is 6.33. The molecule has 14 heavy (non-hydrogen) atoms. The summed E-state index contributed by atoms with van der Waals surface area (Å²) in [5, 5.41) is 12.3. The van der Waals surface area contributed by atoms with Crippen LogP contribution in [0.2, 0.25) is 0 Å². The zero-order chi connectivity index (χ0) is 10.9. The Kier molecular flexibility index (Phi) is 2.88. The summed E-state index contributed by atoms with van der Waals surface area (Å²) in [6.07, 6.45) is 2.24. The van der Waals surface area contributed by atoms with Gasteiger partial charge in [0, 0.05) is 12.5 Å². The molecular formula is C11H19NO2. The van der Waals surface area contributed by atoms with Crippen molar-refractivity contribution in [1.82, 2.24) is 5.32 Å². The lowest BCUT2D eigenvalue weighted by molar-refractivity contribution is -0.127. The highest BCUT2D eigenvalue weighted by molar-refractivity contribution is 5.80. The first-order valence-corrected chi connectivity index (χ1v) is 5.04. The van der Waals surface area contributed by atoms with Crippen molar-refractivity contribution in [3.63, 3.8) is 0 Å². The average molecular weight is 197 g/mol. The van der Waals surface area contributed by atoms with Crippen molar-refractivity contribution < 1.29 is 9.90 Å². The average Bonchev–Trinajstić information content (AvgIpc) is 2.22. The van der Waals surface area contributed by atoms with Crippen LogP contribution in [0.4, 0.5) is 0 Å². The number of nitrogens with one attached hydrogen (secondary N) is 1. The van der Waals surface area contributed by atoms with E-state index in [1.165, 1.54) is 0 Å². The van der Waals surface area contributed by atoms with E-state index < -0.39 is 0 Å². The molecule has 0 aliphatic heterocycles. The maximum Gasteiger partial charge on any atom is 0.224 e. The molecule has 0 spiro atoms. The SMILES string of the molecule is CC(C)NC(=O)C1CC(O)=CC1(C)C. The Balaban J connectivity index is 2.68. The van der Waals surface area contributed by atoms with Crippen LogP contribution in [-0.4, -0.2) is 17.1 Å². The quantitative estimate of drug-likeness (QED) is 0.711. The number of aliphatic hydroxyl groups excluding tert-OH is 1. The Morgan fingerprint density at radius 2 is 2.21 bits per heavy atom. The first kappa shape index (κ1) is 11.1. The van der Waals surface area contributed by atoms with Crippen LogP contribution in [0.1, 0.15) is 34.1 Å². The van der Waals surface area contributed by atoms with E-state index in [2.05, 4.69) is 5.32 Å². The van der Waals surface area contributed by atoms with Gasteiger partial charge in [0.1, 0.15) is 0 Å². The number of carbonyl (C=O) groups excluding carboxylic acids is 1. The summed E-state index contributed by atoms with van der Waals surface area (Å²) in [6.45, 7) is 7.82. The molecule has 0 fully saturated rings. The van der Waals surface area contributed by atoms with Crippen LogP contribution >= 0.6 is 0 Å². The smallest absolute Gasteiger partial charge is 0.224 e. The van der Waals surface area contributed by atoms with Gasteiger partial charge in [0.25, 0.3) is 0 Å². The predicted molar refractivity (Wildman–Crippen MR) is 55.9 cm³/mol. The zero-order valence-electron chi connectivity index (χ0n) is 9.29. The van der Waals surface area contributed by atoms with Crippen molar-refractivity contribution in [2.24, 2.45) is 11.3 Å². The van der Waals surface area contributed by atoms with Crippen LogP contribution in [0.15, 0.2) is 11.8 Å². The summed E-state index contributed by atoms with van der Waals surface area (Å²) in [5.74, 6) is 0.231.